The summed E-state index contributed by atoms with van der Waals surface area (Å²) in [6, 6.07) is 11.8. The lowest BCUT2D eigenvalue weighted by atomic mass is 10.2. The van der Waals surface area contributed by atoms with Crippen molar-refractivity contribution in [2.24, 2.45) is 4.99 Å². The van der Waals surface area contributed by atoms with Gasteiger partial charge in [0.25, 0.3) is 5.91 Å². The maximum Gasteiger partial charge on any atom is 0.279 e. The first kappa shape index (κ1) is 21.3. The normalized spacial score (nSPS) is 12.7. The molecular formula is C21H24N2O4S2. The van der Waals surface area contributed by atoms with Gasteiger partial charge in [-0.2, -0.15) is 4.99 Å². The van der Waals surface area contributed by atoms with Crippen LogP contribution in [0.2, 0.25) is 0 Å². The van der Waals surface area contributed by atoms with E-state index in [-0.39, 0.29) is 4.90 Å². The Morgan fingerprint density at radius 3 is 2.41 bits per heavy atom. The topological polar surface area (TPSA) is 77.7 Å². The van der Waals surface area contributed by atoms with Crippen LogP contribution in [-0.2, 0) is 16.4 Å². The Hall–Kier alpha value is -2.45. The number of nitrogens with zero attached hydrogens (tertiary/aromatic N) is 2. The lowest BCUT2D eigenvalue weighted by Crippen LogP contribution is -2.16. The van der Waals surface area contributed by atoms with E-state index in [1.54, 1.807) is 13.8 Å². The zero-order chi connectivity index (χ0) is 21.2. The maximum absolute atomic E-state index is 12.7. The first-order chi connectivity index (χ1) is 13.8. The van der Waals surface area contributed by atoms with E-state index < -0.39 is 21.0 Å². The van der Waals surface area contributed by atoms with Crippen molar-refractivity contribution in [1.29, 1.82) is 0 Å². The molecule has 0 saturated carbocycles. The number of carbonyl (C=O) groups excluding carboxylic acids is 1. The van der Waals surface area contributed by atoms with Crippen LogP contribution >= 0.6 is 11.3 Å². The largest absolute Gasteiger partial charge is 0.494 e. The number of thiazole rings is 1. The van der Waals surface area contributed by atoms with Gasteiger partial charge in [-0.15, -0.1) is 0 Å². The molecule has 154 valence electrons. The molecule has 0 aliphatic heterocycles. The monoisotopic (exact) mass is 432 g/mol. The second kappa shape index (κ2) is 8.51. The summed E-state index contributed by atoms with van der Waals surface area (Å²) < 4.78 is 33.0. The van der Waals surface area contributed by atoms with E-state index in [0.717, 1.165) is 16.0 Å². The van der Waals surface area contributed by atoms with Crippen molar-refractivity contribution in [3.63, 3.8) is 0 Å². The second-order valence-corrected chi connectivity index (χ2v) is 10.2. The molecule has 1 aromatic heterocycles. The number of fused-ring (bicyclic) bond motifs is 1. The molecule has 8 heteroatoms. The van der Waals surface area contributed by atoms with E-state index in [4.69, 9.17) is 4.74 Å². The number of sulfone groups is 1. The Kier molecular flexibility index (Phi) is 6.24. The van der Waals surface area contributed by atoms with Crippen molar-refractivity contribution in [2.45, 2.75) is 44.4 Å². The number of hydrogen-bond donors (Lipinski definition) is 0. The number of amides is 1. The Balaban J connectivity index is 1.99. The zero-order valence-electron chi connectivity index (χ0n) is 16.9. The van der Waals surface area contributed by atoms with Gasteiger partial charge in [0.1, 0.15) is 5.75 Å². The molecule has 0 unspecified atom stereocenters. The SMILES string of the molecule is CCOc1ccc2c(c1)sc(=NC(=O)c1ccc(S(=O)(=O)C(C)C)cc1)n2CC. The number of aromatic nitrogens is 1. The standard InChI is InChI=1S/C21H24N2O4S2/c1-5-23-18-12-9-16(27-6-2)13-19(18)28-21(23)22-20(24)15-7-10-17(11-8-15)29(25,26)14(3)4/h7-14H,5-6H2,1-4H3. The highest BCUT2D eigenvalue weighted by Crippen LogP contribution is 2.23. The summed E-state index contributed by atoms with van der Waals surface area (Å²) in [7, 11) is -3.37. The highest BCUT2D eigenvalue weighted by Gasteiger charge is 2.19. The highest BCUT2D eigenvalue weighted by molar-refractivity contribution is 7.92. The predicted molar refractivity (Wildman–Crippen MR) is 115 cm³/mol. The van der Waals surface area contributed by atoms with E-state index in [0.29, 0.717) is 23.5 Å². The minimum absolute atomic E-state index is 0.206. The third-order valence-corrected chi connectivity index (χ3v) is 7.74. The molecule has 0 saturated heterocycles. The number of rotatable bonds is 6. The molecule has 0 aliphatic rings. The van der Waals surface area contributed by atoms with E-state index >= 15 is 0 Å². The number of benzene rings is 2. The third kappa shape index (κ3) is 4.28. The Bertz CT molecular complexity index is 1200. The van der Waals surface area contributed by atoms with Crippen LogP contribution < -0.4 is 9.54 Å². The van der Waals surface area contributed by atoms with Crippen LogP contribution in [0, 0.1) is 0 Å². The number of ether oxygens (including phenoxy) is 1. The Morgan fingerprint density at radius 2 is 1.83 bits per heavy atom. The fourth-order valence-electron chi connectivity index (χ4n) is 2.91. The van der Waals surface area contributed by atoms with Gasteiger partial charge in [0.2, 0.25) is 0 Å². The molecular weight excluding hydrogens is 408 g/mol. The van der Waals surface area contributed by atoms with Crippen LogP contribution in [0.15, 0.2) is 52.4 Å². The number of hydrogen-bond acceptors (Lipinski definition) is 5. The summed E-state index contributed by atoms with van der Waals surface area (Å²) in [6.07, 6.45) is 0. The fraction of sp³-hybridized carbons (Fsp3) is 0.333. The van der Waals surface area contributed by atoms with E-state index in [9.17, 15) is 13.2 Å². The van der Waals surface area contributed by atoms with Gasteiger partial charge in [0.15, 0.2) is 14.6 Å². The van der Waals surface area contributed by atoms with Crippen molar-refractivity contribution in [3.8, 4) is 5.75 Å². The van der Waals surface area contributed by atoms with Gasteiger partial charge in [0.05, 0.1) is 27.0 Å². The van der Waals surface area contributed by atoms with Gasteiger partial charge < -0.3 is 9.30 Å². The highest BCUT2D eigenvalue weighted by atomic mass is 32.2. The molecule has 29 heavy (non-hydrogen) atoms. The third-order valence-electron chi connectivity index (χ3n) is 4.53. The zero-order valence-corrected chi connectivity index (χ0v) is 18.5. The Labute approximate surface area is 174 Å². The molecule has 0 fully saturated rings. The van der Waals surface area contributed by atoms with Crippen LogP contribution in [0.3, 0.4) is 0 Å². The van der Waals surface area contributed by atoms with Gasteiger partial charge in [-0.1, -0.05) is 11.3 Å². The first-order valence-corrected chi connectivity index (χ1v) is 11.8. The minimum atomic E-state index is -3.37. The molecule has 2 aromatic carbocycles. The summed E-state index contributed by atoms with van der Waals surface area (Å²) >= 11 is 1.42. The summed E-state index contributed by atoms with van der Waals surface area (Å²) in [5.41, 5.74) is 1.34. The van der Waals surface area contributed by atoms with Crippen molar-refractivity contribution in [2.75, 3.05) is 6.61 Å². The van der Waals surface area contributed by atoms with Crippen molar-refractivity contribution < 1.29 is 17.9 Å². The van der Waals surface area contributed by atoms with Gasteiger partial charge >= 0.3 is 0 Å². The van der Waals surface area contributed by atoms with Crippen molar-refractivity contribution >= 4 is 37.3 Å². The number of carbonyl (C=O) groups is 1. The molecule has 0 atom stereocenters. The molecule has 1 amide bonds. The van der Waals surface area contributed by atoms with Crippen LogP contribution in [0.1, 0.15) is 38.1 Å². The van der Waals surface area contributed by atoms with E-state index in [1.807, 2.05) is 36.6 Å². The smallest absolute Gasteiger partial charge is 0.279 e. The van der Waals surface area contributed by atoms with Crippen molar-refractivity contribution in [1.82, 2.24) is 4.57 Å². The quantitative estimate of drug-likeness (QED) is 0.589. The molecule has 3 rings (SSSR count). The molecule has 0 N–H and O–H groups in total. The van der Waals surface area contributed by atoms with Crippen LogP contribution in [0.4, 0.5) is 0 Å². The first-order valence-electron chi connectivity index (χ1n) is 9.47. The summed E-state index contributed by atoms with van der Waals surface area (Å²) in [4.78, 5) is 17.8. The lowest BCUT2D eigenvalue weighted by molar-refractivity contribution is 0.0997. The number of aryl methyl sites for hydroxylation is 1. The molecule has 0 spiro atoms. The average Bonchev–Trinajstić information content (AvgIpc) is 3.04. The molecule has 0 aliphatic carbocycles. The van der Waals surface area contributed by atoms with Crippen LogP contribution in [-0.4, -0.2) is 30.7 Å². The molecule has 0 radical (unpaired) electrons. The fourth-order valence-corrected chi connectivity index (χ4v) is 5.09. The maximum atomic E-state index is 12.7. The van der Waals surface area contributed by atoms with Crippen LogP contribution in [0.25, 0.3) is 10.2 Å². The summed E-state index contributed by atoms with van der Waals surface area (Å²) in [5.74, 6) is 0.376. The van der Waals surface area contributed by atoms with Gasteiger partial charge in [-0.05, 0) is 70.2 Å². The second-order valence-electron chi connectivity index (χ2n) is 6.73. The van der Waals surface area contributed by atoms with Gasteiger partial charge in [0, 0.05) is 12.1 Å². The summed E-state index contributed by atoms with van der Waals surface area (Å²) in [6.45, 7) is 8.45. The van der Waals surface area contributed by atoms with E-state index in [1.165, 1.54) is 35.6 Å². The van der Waals surface area contributed by atoms with Gasteiger partial charge in [-0.25, -0.2) is 8.42 Å². The van der Waals surface area contributed by atoms with Gasteiger partial charge in [-0.3, -0.25) is 4.79 Å². The molecule has 0 bridgehead atoms. The molecule has 1 heterocycles. The minimum Gasteiger partial charge on any atom is -0.494 e. The average molecular weight is 433 g/mol. The van der Waals surface area contributed by atoms with E-state index in [2.05, 4.69) is 4.99 Å². The Morgan fingerprint density at radius 1 is 1.14 bits per heavy atom. The summed E-state index contributed by atoms with van der Waals surface area (Å²) in [5, 5.41) is -0.516. The molecule has 6 nitrogen and oxygen atoms in total. The lowest BCUT2D eigenvalue weighted by Gasteiger charge is -2.07. The predicted octanol–water partition coefficient (Wildman–Crippen LogP) is 4.04. The van der Waals surface area contributed by atoms with Crippen molar-refractivity contribution in [3.05, 3.63) is 52.8 Å². The molecule has 3 aromatic rings. The van der Waals surface area contributed by atoms with Crippen LogP contribution in [0.5, 0.6) is 5.75 Å².